The first-order chi connectivity index (χ1) is 20.9. The van der Waals surface area contributed by atoms with E-state index in [-0.39, 0.29) is 23.8 Å². The first kappa shape index (κ1) is 34.1. The zero-order valence-corrected chi connectivity index (χ0v) is 25.4. The molecule has 1 aromatic heterocycles. The Kier molecular flexibility index (Phi) is 14.6. The molecular formula is C34H47FN4O4. The Bertz CT molecular complexity index is 1190. The average molecular weight is 595 g/mol. The van der Waals surface area contributed by atoms with E-state index in [0.717, 1.165) is 57.8 Å². The molecule has 3 N–H and O–H groups in total. The summed E-state index contributed by atoms with van der Waals surface area (Å²) in [5.74, 6) is 2.21. The number of aliphatic hydroxyl groups excluding tert-OH is 1. The molecule has 0 amide bonds. The third-order valence-corrected chi connectivity index (χ3v) is 7.85. The number of nitrogen functional groups attached to an aromatic ring is 1. The molecule has 1 unspecified atom stereocenters. The van der Waals surface area contributed by atoms with Crippen LogP contribution in [0.2, 0.25) is 0 Å². The van der Waals surface area contributed by atoms with Crippen LogP contribution >= 0.6 is 0 Å². The fraction of sp³-hybridized carbons (Fsp3) is 0.588. The second kappa shape index (κ2) is 18.3. The van der Waals surface area contributed by atoms with Gasteiger partial charge in [-0.05, 0) is 63.7 Å². The van der Waals surface area contributed by atoms with Crippen LogP contribution in [0, 0.1) is 24.3 Å². The molecular weight excluding hydrogens is 547 g/mol. The Morgan fingerprint density at radius 1 is 1.16 bits per heavy atom. The quantitative estimate of drug-likeness (QED) is 0.0694. The SMILES string of the molecule is C#C[C@]1(CO)O[C@@H](CC2C=Nc3c(N)nc(F)nc3CC2)C[C@@H]1OC(=O)CCCCCCC/C=C\C/C=C\C/C=C\CC. The lowest BCUT2D eigenvalue weighted by Crippen LogP contribution is -2.44. The summed E-state index contributed by atoms with van der Waals surface area (Å²) in [5, 5.41) is 10.1. The van der Waals surface area contributed by atoms with Crippen molar-refractivity contribution in [1.82, 2.24) is 9.97 Å². The highest BCUT2D eigenvalue weighted by molar-refractivity contribution is 5.73. The monoisotopic (exact) mass is 594 g/mol. The zero-order valence-electron chi connectivity index (χ0n) is 25.4. The van der Waals surface area contributed by atoms with Gasteiger partial charge in [-0.25, -0.2) is 4.98 Å². The molecule has 0 bridgehead atoms. The van der Waals surface area contributed by atoms with Crippen LogP contribution in [0.3, 0.4) is 0 Å². The number of carbonyl (C=O) groups excluding carboxylic acids is 1. The number of aliphatic imine (C=N–C) groups is 1. The molecule has 8 nitrogen and oxygen atoms in total. The number of halogens is 1. The van der Waals surface area contributed by atoms with Crippen LogP contribution in [0.25, 0.3) is 0 Å². The lowest BCUT2D eigenvalue weighted by Gasteiger charge is -2.27. The molecule has 43 heavy (non-hydrogen) atoms. The van der Waals surface area contributed by atoms with E-state index in [1.54, 1.807) is 6.21 Å². The van der Waals surface area contributed by atoms with Crippen LogP contribution in [-0.4, -0.2) is 51.7 Å². The Hall–Kier alpha value is -3.35. The van der Waals surface area contributed by atoms with Crippen molar-refractivity contribution in [2.24, 2.45) is 10.9 Å². The van der Waals surface area contributed by atoms with E-state index in [0.29, 0.717) is 43.5 Å². The van der Waals surface area contributed by atoms with Crippen molar-refractivity contribution in [3.05, 3.63) is 48.2 Å². The molecule has 234 valence electrons. The summed E-state index contributed by atoms with van der Waals surface area (Å²) in [4.78, 5) is 24.5. The van der Waals surface area contributed by atoms with E-state index in [1.807, 2.05) is 0 Å². The Morgan fingerprint density at radius 2 is 1.88 bits per heavy atom. The van der Waals surface area contributed by atoms with E-state index in [4.69, 9.17) is 21.6 Å². The molecule has 4 atom stereocenters. The highest BCUT2D eigenvalue weighted by Gasteiger charge is 2.50. The van der Waals surface area contributed by atoms with Gasteiger partial charge in [-0.3, -0.25) is 9.79 Å². The Morgan fingerprint density at radius 3 is 2.63 bits per heavy atom. The molecule has 0 aromatic carbocycles. The number of anilines is 1. The Labute approximate surface area is 255 Å². The smallest absolute Gasteiger partial charge is 0.310 e. The van der Waals surface area contributed by atoms with Crippen LogP contribution in [0.4, 0.5) is 15.9 Å². The van der Waals surface area contributed by atoms with Crippen LogP contribution in [0.5, 0.6) is 0 Å². The van der Waals surface area contributed by atoms with E-state index in [1.165, 1.54) is 0 Å². The first-order valence-corrected chi connectivity index (χ1v) is 15.7. The van der Waals surface area contributed by atoms with Crippen molar-refractivity contribution in [2.75, 3.05) is 12.3 Å². The molecule has 1 fully saturated rings. The minimum atomic E-state index is -1.38. The molecule has 0 radical (unpaired) electrons. The summed E-state index contributed by atoms with van der Waals surface area (Å²) in [5.41, 5.74) is 5.32. The molecule has 2 aliphatic rings. The van der Waals surface area contributed by atoms with Crippen LogP contribution < -0.4 is 5.73 Å². The third-order valence-electron chi connectivity index (χ3n) is 7.85. The normalized spacial score (nSPS) is 23.6. The predicted octanol–water partition coefficient (Wildman–Crippen LogP) is 6.51. The number of nitrogens with zero attached hydrogens (tertiary/aromatic N) is 3. The molecule has 2 aliphatic heterocycles. The minimum absolute atomic E-state index is 0.0116. The number of allylic oxidation sites excluding steroid dienone is 6. The Balaban J connectivity index is 1.34. The highest BCUT2D eigenvalue weighted by atomic mass is 19.1. The van der Waals surface area contributed by atoms with Gasteiger partial charge in [-0.1, -0.05) is 68.6 Å². The number of hydrogen-bond donors (Lipinski definition) is 2. The number of hydrogen-bond acceptors (Lipinski definition) is 8. The maximum atomic E-state index is 13.6. The molecule has 1 saturated heterocycles. The summed E-state index contributed by atoms with van der Waals surface area (Å²) >= 11 is 0. The van der Waals surface area contributed by atoms with Gasteiger partial charge in [0.15, 0.2) is 11.4 Å². The number of aliphatic hydroxyl groups is 1. The van der Waals surface area contributed by atoms with Crippen LogP contribution in [0.15, 0.2) is 41.4 Å². The van der Waals surface area contributed by atoms with E-state index >= 15 is 0 Å². The van der Waals surface area contributed by atoms with Gasteiger partial charge < -0.3 is 20.3 Å². The molecule has 3 rings (SSSR count). The number of aryl methyl sites for hydroxylation is 1. The number of nitrogens with two attached hydrogens (primary N) is 1. The third kappa shape index (κ3) is 11.0. The summed E-state index contributed by atoms with van der Waals surface area (Å²) in [7, 11) is 0. The molecule has 0 spiro atoms. The van der Waals surface area contributed by atoms with Gasteiger partial charge in [0.25, 0.3) is 0 Å². The number of rotatable bonds is 17. The molecule has 0 saturated carbocycles. The van der Waals surface area contributed by atoms with Gasteiger partial charge in [0.1, 0.15) is 11.8 Å². The predicted molar refractivity (Wildman–Crippen MR) is 168 cm³/mol. The van der Waals surface area contributed by atoms with Crippen molar-refractivity contribution in [2.45, 2.75) is 115 Å². The molecule has 9 heteroatoms. The van der Waals surface area contributed by atoms with Gasteiger partial charge in [0.05, 0.1) is 18.4 Å². The van der Waals surface area contributed by atoms with Crippen LogP contribution in [-0.2, 0) is 20.7 Å². The minimum Gasteiger partial charge on any atom is -0.458 e. The van der Waals surface area contributed by atoms with Crippen molar-refractivity contribution in [3.8, 4) is 12.3 Å². The largest absolute Gasteiger partial charge is 0.458 e. The van der Waals surface area contributed by atoms with Crippen molar-refractivity contribution < 1.29 is 23.8 Å². The first-order valence-electron chi connectivity index (χ1n) is 15.7. The molecule has 1 aromatic rings. The van der Waals surface area contributed by atoms with Crippen molar-refractivity contribution >= 4 is 23.7 Å². The highest BCUT2D eigenvalue weighted by Crippen LogP contribution is 2.37. The fourth-order valence-corrected chi connectivity index (χ4v) is 5.45. The van der Waals surface area contributed by atoms with Gasteiger partial charge in [-0.15, -0.1) is 6.42 Å². The number of aromatic nitrogens is 2. The number of unbranched alkanes of at least 4 members (excludes halogenated alkanes) is 5. The van der Waals surface area contributed by atoms with E-state index in [2.05, 4.69) is 64.3 Å². The molecule has 3 heterocycles. The fourth-order valence-electron chi connectivity index (χ4n) is 5.45. The standard InChI is InChI=1S/C34H47FN4O4/c1-3-5-6-7-8-9-10-11-12-13-14-15-16-17-18-19-30(41)42-29-23-27(43-34(29,4-2)25-40)22-26-20-21-28-31(37-24-26)32(36)39-33(35)38-28/h2,5-6,8-9,11-12,24,26-27,29,40H,3,7,10,13-23,25H2,1H3,(H2,36,38,39)/b6-5-,9-8-,12-11-/t26?,27-,29-,34+/m0/s1. The van der Waals surface area contributed by atoms with Crippen molar-refractivity contribution in [3.63, 3.8) is 0 Å². The van der Waals surface area contributed by atoms with Gasteiger partial charge in [-0.2, -0.15) is 9.37 Å². The number of esters is 1. The van der Waals surface area contributed by atoms with E-state index < -0.39 is 24.4 Å². The maximum Gasteiger partial charge on any atom is 0.310 e. The van der Waals surface area contributed by atoms with Crippen molar-refractivity contribution in [1.29, 1.82) is 0 Å². The number of carbonyl (C=O) groups is 1. The zero-order chi connectivity index (χ0) is 30.9. The average Bonchev–Trinajstić information content (AvgIpc) is 3.19. The van der Waals surface area contributed by atoms with E-state index in [9.17, 15) is 14.3 Å². The lowest BCUT2D eigenvalue weighted by atomic mass is 9.93. The molecule has 0 aliphatic carbocycles. The van der Waals surface area contributed by atoms with Gasteiger partial charge in [0.2, 0.25) is 0 Å². The second-order valence-corrected chi connectivity index (χ2v) is 11.2. The topological polar surface area (TPSA) is 120 Å². The number of fused-ring (bicyclic) bond motifs is 1. The maximum absolute atomic E-state index is 13.6. The summed E-state index contributed by atoms with van der Waals surface area (Å²) in [6.07, 6.45) is 30.4. The summed E-state index contributed by atoms with van der Waals surface area (Å²) < 4.78 is 25.5. The second-order valence-electron chi connectivity index (χ2n) is 11.2. The number of ether oxygens (including phenoxy) is 2. The van der Waals surface area contributed by atoms with Gasteiger partial charge >= 0.3 is 12.0 Å². The summed E-state index contributed by atoms with van der Waals surface area (Å²) in [6, 6.07) is 0. The number of terminal acetylenes is 1. The summed E-state index contributed by atoms with van der Waals surface area (Å²) in [6.45, 7) is 1.69. The van der Waals surface area contributed by atoms with Gasteiger partial charge in [0, 0.05) is 19.1 Å². The lowest BCUT2D eigenvalue weighted by molar-refractivity contribution is -0.158. The van der Waals surface area contributed by atoms with Crippen LogP contribution in [0.1, 0.15) is 96.1 Å².